The lowest BCUT2D eigenvalue weighted by atomic mass is 10.0. The molecule has 1 aromatic carbocycles. The standard InChI is InChI=1S/C12H18O3/c1-3-15-9-12(13)11-7-5-4-6-10(11)8-14-2/h4-7,12-13H,3,8-9H2,1-2H3. The van der Waals surface area contributed by atoms with E-state index in [1.807, 2.05) is 31.2 Å². The van der Waals surface area contributed by atoms with Crippen LogP contribution in [0.3, 0.4) is 0 Å². The quantitative estimate of drug-likeness (QED) is 0.779. The molecule has 0 aliphatic carbocycles. The molecule has 3 heteroatoms. The van der Waals surface area contributed by atoms with E-state index in [0.29, 0.717) is 19.8 Å². The summed E-state index contributed by atoms with van der Waals surface area (Å²) in [6.07, 6.45) is -0.573. The van der Waals surface area contributed by atoms with Gasteiger partial charge in [-0.2, -0.15) is 0 Å². The van der Waals surface area contributed by atoms with Crippen LogP contribution in [0.15, 0.2) is 24.3 Å². The van der Waals surface area contributed by atoms with E-state index in [2.05, 4.69) is 0 Å². The fraction of sp³-hybridized carbons (Fsp3) is 0.500. The Morgan fingerprint density at radius 2 is 2.07 bits per heavy atom. The van der Waals surface area contributed by atoms with Crippen molar-refractivity contribution >= 4 is 0 Å². The molecule has 0 amide bonds. The van der Waals surface area contributed by atoms with Gasteiger partial charge in [-0.25, -0.2) is 0 Å². The Labute approximate surface area is 90.6 Å². The van der Waals surface area contributed by atoms with Gasteiger partial charge in [0.15, 0.2) is 0 Å². The molecule has 0 saturated heterocycles. The maximum atomic E-state index is 9.88. The molecule has 1 unspecified atom stereocenters. The minimum Gasteiger partial charge on any atom is -0.386 e. The van der Waals surface area contributed by atoms with Crippen LogP contribution in [-0.2, 0) is 16.1 Å². The number of hydrogen-bond donors (Lipinski definition) is 1. The highest BCUT2D eigenvalue weighted by molar-refractivity contribution is 5.28. The van der Waals surface area contributed by atoms with Gasteiger partial charge in [0.2, 0.25) is 0 Å². The van der Waals surface area contributed by atoms with Gasteiger partial charge in [-0.15, -0.1) is 0 Å². The normalized spacial score (nSPS) is 12.7. The van der Waals surface area contributed by atoms with Crippen LogP contribution in [0.2, 0.25) is 0 Å². The zero-order valence-corrected chi connectivity index (χ0v) is 9.27. The summed E-state index contributed by atoms with van der Waals surface area (Å²) < 4.78 is 10.3. The van der Waals surface area contributed by atoms with Crippen LogP contribution in [0.4, 0.5) is 0 Å². The fourth-order valence-electron chi connectivity index (χ4n) is 1.47. The van der Waals surface area contributed by atoms with Gasteiger partial charge in [-0.05, 0) is 18.1 Å². The molecule has 1 N–H and O–H groups in total. The first kappa shape index (κ1) is 12.2. The van der Waals surface area contributed by atoms with E-state index >= 15 is 0 Å². The molecule has 0 aliphatic heterocycles. The molecule has 0 aromatic heterocycles. The topological polar surface area (TPSA) is 38.7 Å². The van der Waals surface area contributed by atoms with Crippen molar-refractivity contribution in [2.24, 2.45) is 0 Å². The van der Waals surface area contributed by atoms with E-state index in [-0.39, 0.29) is 0 Å². The molecular formula is C12H18O3. The lowest BCUT2D eigenvalue weighted by molar-refractivity contribution is 0.0405. The van der Waals surface area contributed by atoms with Gasteiger partial charge in [0.1, 0.15) is 6.10 Å². The predicted octanol–water partition coefficient (Wildman–Crippen LogP) is 1.90. The number of methoxy groups -OCH3 is 1. The average molecular weight is 210 g/mol. The highest BCUT2D eigenvalue weighted by atomic mass is 16.5. The van der Waals surface area contributed by atoms with Gasteiger partial charge in [0, 0.05) is 13.7 Å². The molecule has 1 aromatic rings. The van der Waals surface area contributed by atoms with Gasteiger partial charge in [0.25, 0.3) is 0 Å². The van der Waals surface area contributed by atoms with Crippen LogP contribution in [0, 0.1) is 0 Å². The summed E-state index contributed by atoms with van der Waals surface area (Å²) in [7, 11) is 1.64. The number of aliphatic hydroxyl groups is 1. The number of rotatable bonds is 6. The monoisotopic (exact) mass is 210 g/mol. The number of aliphatic hydroxyl groups excluding tert-OH is 1. The molecule has 1 rings (SSSR count). The molecule has 1 atom stereocenters. The molecule has 3 nitrogen and oxygen atoms in total. The second kappa shape index (κ2) is 6.56. The van der Waals surface area contributed by atoms with Gasteiger partial charge in [0.05, 0.1) is 13.2 Å². The van der Waals surface area contributed by atoms with E-state index < -0.39 is 6.10 Å². The lowest BCUT2D eigenvalue weighted by Crippen LogP contribution is -2.09. The van der Waals surface area contributed by atoms with E-state index in [9.17, 15) is 5.11 Å². The Morgan fingerprint density at radius 1 is 1.33 bits per heavy atom. The second-order valence-electron chi connectivity index (χ2n) is 3.31. The molecule has 0 spiro atoms. The van der Waals surface area contributed by atoms with Crippen molar-refractivity contribution < 1.29 is 14.6 Å². The first-order chi connectivity index (χ1) is 7.29. The molecule has 0 radical (unpaired) electrons. The molecule has 84 valence electrons. The van der Waals surface area contributed by atoms with Crippen molar-refractivity contribution in [1.82, 2.24) is 0 Å². The third-order valence-corrected chi connectivity index (χ3v) is 2.19. The Morgan fingerprint density at radius 3 is 2.73 bits per heavy atom. The minimum absolute atomic E-state index is 0.331. The summed E-state index contributed by atoms with van der Waals surface area (Å²) in [5.41, 5.74) is 1.89. The van der Waals surface area contributed by atoms with Crippen molar-refractivity contribution in [3.8, 4) is 0 Å². The summed E-state index contributed by atoms with van der Waals surface area (Å²) in [4.78, 5) is 0. The highest BCUT2D eigenvalue weighted by Gasteiger charge is 2.11. The van der Waals surface area contributed by atoms with E-state index in [1.165, 1.54) is 0 Å². The zero-order chi connectivity index (χ0) is 11.1. The fourth-order valence-corrected chi connectivity index (χ4v) is 1.47. The summed E-state index contributed by atoms with van der Waals surface area (Å²) in [5, 5.41) is 9.88. The second-order valence-corrected chi connectivity index (χ2v) is 3.31. The van der Waals surface area contributed by atoms with Crippen LogP contribution in [0.5, 0.6) is 0 Å². The number of hydrogen-bond acceptors (Lipinski definition) is 3. The maximum absolute atomic E-state index is 9.88. The van der Waals surface area contributed by atoms with Gasteiger partial charge in [-0.3, -0.25) is 0 Å². The SMILES string of the molecule is CCOCC(O)c1ccccc1COC. The number of benzene rings is 1. The maximum Gasteiger partial charge on any atom is 0.103 e. The lowest BCUT2D eigenvalue weighted by Gasteiger charge is -2.14. The first-order valence-electron chi connectivity index (χ1n) is 5.12. The van der Waals surface area contributed by atoms with Crippen molar-refractivity contribution in [2.75, 3.05) is 20.3 Å². The molecule has 15 heavy (non-hydrogen) atoms. The zero-order valence-electron chi connectivity index (χ0n) is 9.27. The summed E-state index contributed by atoms with van der Waals surface area (Å²) in [6, 6.07) is 7.70. The Kier molecular flexibility index (Phi) is 5.32. The van der Waals surface area contributed by atoms with Crippen molar-refractivity contribution in [1.29, 1.82) is 0 Å². The third kappa shape index (κ3) is 3.63. The number of ether oxygens (including phenoxy) is 2. The Bertz CT molecular complexity index is 286. The van der Waals surface area contributed by atoms with E-state index in [4.69, 9.17) is 9.47 Å². The minimum atomic E-state index is -0.573. The molecule has 0 bridgehead atoms. The molecule has 0 saturated carbocycles. The Hall–Kier alpha value is -0.900. The van der Waals surface area contributed by atoms with Gasteiger partial charge < -0.3 is 14.6 Å². The van der Waals surface area contributed by atoms with E-state index in [0.717, 1.165) is 11.1 Å². The summed E-state index contributed by atoms with van der Waals surface area (Å²) >= 11 is 0. The van der Waals surface area contributed by atoms with Crippen LogP contribution in [-0.4, -0.2) is 25.4 Å². The largest absolute Gasteiger partial charge is 0.386 e. The predicted molar refractivity (Wildman–Crippen MR) is 58.6 cm³/mol. The summed E-state index contributed by atoms with van der Waals surface area (Å²) in [6.45, 7) is 3.37. The van der Waals surface area contributed by atoms with Crippen molar-refractivity contribution in [2.45, 2.75) is 19.6 Å². The highest BCUT2D eigenvalue weighted by Crippen LogP contribution is 2.18. The van der Waals surface area contributed by atoms with Gasteiger partial charge >= 0.3 is 0 Å². The Balaban J connectivity index is 2.72. The van der Waals surface area contributed by atoms with Crippen LogP contribution in [0.1, 0.15) is 24.2 Å². The van der Waals surface area contributed by atoms with Crippen molar-refractivity contribution in [3.05, 3.63) is 35.4 Å². The molecule has 0 aliphatic rings. The average Bonchev–Trinajstić information content (AvgIpc) is 2.27. The van der Waals surface area contributed by atoms with Gasteiger partial charge in [-0.1, -0.05) is 24.3 Å². The molecular weight excluding hydrogens is 192 g/mol. The van der Waals surface area contributed by atoms with E-state index in [1.54, 1.807) is 7.11 Å². The van der Waals surface area contributed by atoms with Crippen LogP contribution < -0.4 is 0 Å². The van der Waals surface area contributed by atoms with Crippen molar-refractivity contribution in [3.63, 3.8) is 0 Å². The third-order valence-electron chi connectivity index (χ3n) is 2.19. The van der Waals surface area contributed by atoms with Crippen LogP contribution in [0.25, 0.3) is 0 Å². The first-order valence-corrected chi connectivity index (χ1v) is 5.12. The van der Waals surface area contributed by atoms with Crippen LogP contribution >= 0.6 is 0 Å². The molecule has 0 fully saturated rings. The summed E-state index contributed by atoms with van der Waals surface area (Å²) in [5.74, 6) is 0. The molecule has 0 heterocycles. The smallest absolute Gasteiger partial charge is 0.103 e.